The SMILES string of the molecule is C1=CC2=C(CC1)c1ccccc1C21c2ccccc2-c2ccc(-c3cc(-c4cccc(-c5nc6ccccc6n5-c5ccccc5)c4)c4c(c3)C3C=C(c5ccc6c(c5)C5(C7=C(C=CCC7)c7ccccc75)c5ccccc5-6)C=CC3S4)cc21. The highest BCUT2D eigenvalue weighted by Gasteiger charge is 2.54. The predicted octanol–water partition coefficient (Wildman–Crippen LogP) is 20.1. The molecule has 1 aliphatic heterocycles. The van der Waals surface area contributed by atoms with Gasteiger partial charge in [-0.2, -0.15) is 0 Å². The first kappa shape index (κ1) is 47.0. The van der Waals surface area contributed by atoms with E-state index in [4.69, 9.17) is 4.98 Å². The van der Waals surface area contributed by atoms with Crippen molar-refractivity contribution in [2.75, 3.05) is 0 Å². The lowest BCUT2D eigenvalue weighted by Crippen LogP contribution is -2.28. The van der Waals surface area contributed by atoms with Crippen molar-refractivity contribution in [1.82, 2.24) is 9.55 Å². The highest BCUT2D eigenvalue weighted by atomic mass is 32.2. The zero-order valence-corrected chi connectivity index (χ0v) is 47.0. The quantitative estimate of drug-likeness (QED) is 0.171. The smallest absolute Gasteiger partial charge is 0.145 e. The van der Waals surface area contributed by atoms with Crippen molar-refractivity contribution in [3.63, 3.8) is 0 Å². The number of nitrogens with zero attached hydrogens (tertiary/aromatic N) is 2. The standard InChI is InChI=1S/C81H54N2S/c1-2-21-55(22-3-1)83-76-36-17-16-35-75(76)82-79(83)53-20-18-19-52(43-53)64-45-54(51-38-41-63-61-28-9-15-34-72(61)81(74(63)48-51)69-31-12-6-25-58(69)59-26-7-13-32-70(59)81)46-66-65-44-49(39-42-77(65)84-78(64)66)50-37-40-62-60-27-8-14-33-71(60)80(73(62)47-50)67-29-10-4-23-56(67)57-24-5-11-30-68(57)80/h1-6,8-10,12-25,27-29,31-48,65,77H,7,11,26,30H2. The van der Waals surface area contributed by atoms with E-state index in [0.717, 1.165) is 53.8 Å². The fourth-order valence-electron chi connectivity index (χ4n) is 16.8. The van der Waals surface area contributed by atoms with E-state index in [1.807, 2.05) is 11.8 Å². The molecule has 19 rings (SSSR count). The molecule has 2 heterocycles. The van der Waals surface area contributed by atoms with E-state index in [-0.39, 0.29) is 16.6 Å². The third kappa shape index (κ3) is 6.19. The fourth-order valence-corrected chi connectivity index (χ4v) is 18.2. The van der Waals surface area contributed by atoms with Gasteiger partial charge in [0.1, 0.15) is 5.82 Å². The lowest BCUT2D eigenvalue weighted by molar-refractivity contribution is 0.714. The summed E-state index contributed by atoms with van der Waals surface area (Å²) >= 11 is 2.03. The van der Waals surface area contributed by atoms with E-state index >= 15 is 0 Å². The van der Waals surface area contributed by atoms with E-state index in [2.05, 4.69) is 272 Å². The van der Waals surface area contributed by atoms with Crippen LogP contribution in [0.25, 0.3) is 89.3 Å². The maximum absolute atomic E-state index is 5.37. The molecule has 0 radical (unpaired) electrons. The molecule has 0 amide bonds. The van der Waals surface area contributed by atoms with Crippen molar-refractivity contribution < 1.29 is 0 Å². The molecule has 394 valence electrons. The average Bonchev–Trinajstić information content (AvgIpc) is 1.92. The Labute approximate surface area is 494 Å². The molecule has 4 atom stereocenters. The van der Waals surface area contributed by atoms with Crippen LogP contribution in [0.5, 0.6) is 0 Å². The number of hydrogen-bond donors (Lipinski definition) is 0. The summed E-state index contributed by atoms with van der Waals surface area (Å²) in [7, 11) is 0. The average molecular weight is 1090 g/mol. The Bertz CT molecular complexity index is 4960. The van der Waals surface area contributed by atoms with Crippen LogP contribution in [0, 0.1) is 0 Å². The number of hydrogen-bond acceptors (Lipinski definition) is 2. The lowest BCUT2D eigenvalue weighted by atomic mass is 9.68. The largest absolute Gasteiger partial charge is 0.292 e. The van der Waals surface area contributed by atoms with E-state index in [9.17, 15) is 0 Å². The Hall–Kier alpha value is -9.54. The number of allylic oxidation sites excluding steroid dienone is 11. The molecule has 0 saturated carbocycles. The monoisotopic (exact) mass is 1090 g/mol. The van der Waals surface area contributed by atoms with Crippen LogP contribution >= 0.6 is 11.8 Å². The molecule has 1 aromatic heterocycles. The molecule has 2 spiro atoms. The van der Waals surface area contributed by atoms with Crippen LogP contribution in [-0.2, 0) is 10.8 Å². The highest BCUT2D eigenvalue weighted by molar-refractivity contribution is 8.00. The Morgan fingerprint density at radius 3 is 1.89 bits per heavy atom. The zero-order valence-electron chi connectivity index (χ0n) is 46.2. The number of fused-ring (bicyclic) bond motifs is 22. The maximum atomic E-state index is 5.37. The van der Waals surface area contributed by atoms with E-state index in [1.54, 1.807) is 5.57 Å². The van der Waals surface area contributed by atoms with Gasteiger partial charge in [-0.25, -0.2) is 4.98 Å². The third-order valence-electron chi connectivity index (χ3n) is 20.1. The van der Waals surface area contributed by atoms with Crippen molar-refractivity contribution in [1.29, 1.82) is 0 Å². The third-order valence-corrected chi connectivity index (χ3v) is 21.6. The molecule has 3 heteroatoms. The summed E-state index contributed by atoms with van der Waals surface area (Å²) in [6.45, 7) is 0. The minimum absolute atomic E-state index is 0.158. The molecule has 10 aromatic carbocycles. The molecule has 0 N–H and O–H groups in total. The molecule has 2 nitrogen and oxygen atoms in total. The van der Waals surface area contributed by atoms with Gasteiger partial charge in [0.2, 0.25) is 0 Å². The summed E-state index contributed by atoms with van der Waals surface area (Å²) in [5.41, 5.74) is 35.0. The van der Waals surface area contributed by atoms with Crippen LogP contribution in [-0.4, -0.2) is 14.8 Å². The Morgan fingerprint density at radius 1 is 0.440 bits per heavy atom. The molecule has 7 aliphatic carbocycles. The second-order valence-electron chi connectivity index (χ2n) is 24.1. The van der Waals surface area contributed by atoms with Gasteiger partial charge in [0.15, 0.2) is 0 Å². The minimum Gasteiger partial charge on any atom is -0.292 e. The molecular formula is C81H54N2S. The normalized spacial score (nSPS) is 21.0. The van der Waals surface area contributed by atoms with Crippen LogP contribution in [0.2, 0.25) is 0 Å². The van der Waals surface area contributed by atoms with Gasteiger partial charge in [0.25, 0.3) is 0 Å². The fraction of sp³-hybridized carbons (Fsp3) is 0.0988. The molecule has 84 heavy (non-hydrogen) atoms. The van der Waals surface area contributed by atoms with Gasteiger partial charge in [-0.05, 0) is 208 Å². The number of rotatable bonds is 5. The lowest BCUT2D eigenvalue weighted by Gasteiger charge is -2.33. The Balaban J connectivity index is 0.803. The van der Waals surface area contributed by atoms with E-state index < -0.39 is 5.41 Å². The van der Waals surface area contributed by atoms with Crippen LogP contribution in [0.3, 0.4) is 0 Å². The first-order valence-electron chi connectivity index (χ1n) is 30.0. The van der Waals surface area contributed by atoms with Crippen LogP contribution in [0.15, 0.2) is 283 Å². The van der Waals surface area contributed by atoms with E-state index in [0.29, 0.717) is 0 Å². The summed E-state index contributed by atoms with van der Waals surface area (Å²) < 4.78 is 2.32. The predicted molar refractivity (Wildman–Crippen MR) is 347 cm³/mol. The molecule has 11 aromatic rings. The summed E-state index contributed by atoms with van der Waals surface area (Å²) in [4.78, 5) is 6.73. The summed E-state index contributed by atoms with van der Waals surface area (Å²) in [5.74, 6) is 1.10. The minimum atomic E-state index is -0.391. The number of para-hydroxylation sites is 3. The number of imidazole rings is 1. The summed E-state index contributed by atoms with van der Waals surface area (Å²) in [6, 6.07) is 85.4. The molecular weight excluding hydrogens is 1030 g/mol. The maximum Gasteiger partial charge on any atom is 0.145 e. The molecule has 0 bridgehead atoms. The molecule has 4 unspecified atom stereocenters. The van der Waals surface area contributed by atoms with Crippen molar-refractivity contribution in [2.24, 2.45) is 0 Å². The summed E-state index contributed by atoms with van der Waals surface area (Å²) in [5, 5.41) is 0.243. The van der Waals surface area contributed by atoms with Crippen LogP contribution in [0.4, 0.5) is 0 Å². The van der Waals surface area contributed by atoms with Gasteiger partial charge < -0.3 is 0 Å². The highest BCUT2D eigenvalue weighted by Crippen LogP contribution is 2.66. The topological polar surface area (TPSA) is 17.8 Å². The van der Waals surface area contributed by atoms with Gasteiger partial charge in [-0.1, -0.05) is 212 Å². The summed E-state index contributed by atoms with van der Waals surface area (Å²) in [6.07, 6.45) is 21.5. The Morgan fingerprint density at radius 2 is 1.07 bits per heavy atom. The zero-order chi connectivity index (χ0) is 54.8. The van der Waals surface area contributed by atoms with Crippen molar-refractivity contribution in [3.8, 4) is 61.6 Å². The van der Waals surface area contributed by atoms with Gasteiger partial charge >= 0.3 is 0 Å². The van der Waals surface area contributed by atoms with Gasteiger partial charge in [0.05, 0.1) is 21.9 Å². The number of benzene rings is 10. The molecule has 0 fully saturated rings. The Kier molecular flexibility index (Phi) is 9.79. The van der Waals surface area contributed by atoms with Gasteiger partial charge in [0, 0.05) is 27.3 Å². The van der Waals surface area contributed by atoms with Crippen LogP contribution in [0.1, 0.15) is 87.2 Å². The second kappa shape index (κ2) is 17.5. The first-order chi connectivity index (χ1) is 41.6. The number of aromatic nitrogens is 2. The van der Waals surface area contributed by atoms with Crippen molar-refractivity contribution >= 4 is 39.5 Å². The molecule has 8 aliphatic rings. The van der Waals surface area contributed by atoms with E-state index in [1.165, 1.54) is 127 Å². The van der Waals surface area contributed by atoms with Gasteiger partial charge in [-0.3, -0.25) is 4.57 Å². The van der Waals surface area contributed by atoms with Crippen molar-refractivity contribution in [2.45, 2.75) is 52.6 Å². The van der Waals surface area contributed by atoms with Crippen LogP contribution < -0.4 is 0 Å². The van der Waals surface area contributed by atoms with Crippen molar-refractivity contribution in [3.05, 3.63) is 334 Å². The molecule has 0 saturated heterocycles. The first-order valence-corrected chi connectivity index (χ1v) is 30.9. The second-order valence-corrected chi connectivity index (χ2v) is 25.3. The number of thioether (sulfide) groups is 1. The van der Waals surface area contributed by atoms with Gasteiger partial charge in [-0.15, -0.1) is 11.8 Å².